The lowest BCUT2D eigenvalue weighted by atomic mass is 9.80. The summed E-state index contributed by atoms with van der Waals surface area (Å²) in [6.45, 7) is 3.29. The summed E-state index contributed by atoms with van der Waals surface area (Å²) in [6.07, 6.45) is 0. The minimum absolute atomic E-state index is 0.0411. The molecule has 6 nitrogen and oxygen atoms in total. The Hall–Kier alpha value is -2.05. The number of amides is 1. The maximum atomic E-state index is 12.1. The molecule has 0 fully saturated rings. The summed E-state index contributed by atoms with van der Waals surface area (Å²) < 4.78 is 0. The lowest BCUT2D eigenvalue weighted by Crippen LogP contribution is -2.68. The van der Waals surface area contributed by atoms with Crippen molar-refractivity contribution in [2.75, 3.05) is 4.90 Å². The lowest BCUT2D eigenvalue weighted by molar-refractivity contribution is -0.209. The minimum Gasteiger partial charge on any atom is -0.359 e. The van der Waals surface area contributed by atoms with Gasteiger partial charge in [0.05, 0.1) is 5.69 Å². The molecule has 6 heteroatoms. The SMILES string of the molecule is CC(=O)N1c2ccccc2C(O)(O)C1(C(C)=O)C(C)=O. The summed E-state index contributed by atoms with van der Waals surface area (Å²) in [7, 11) is 0. The third-order valence-corrected chi connectivity index (χ3v) is 3.69. The summed E-state index contributed by atoms with van der Waals surface area (Å²) in [4.78, 5) is 36.9. The second-order valence-electron chi connectivity index (χ2n) is 4.87. The summed E-state index contributed by atoms with van der Waals surface area (Å²) in [6, 6.07) is 5.96. The Morgan fingerprint density at radius 1 is 1.00 bits per heavy atom. The Kier molecular flexibility index (Phi) is 3.03. The summed E-state index contributed by atoms with van der Waals surface area (Å²) >= 11 is 0. The van der Waals surface area contributed by atoms with Gasteiger partial charge in [-0.3, -0.25) is 19.3 Å². The van der Waals surface area contributed by atoms with Crippen molar-refractivity contribution in [3.05, 3.63) is 29.8 Å². The van der Waals surface area contributed by atoms with Gasteiger partial charge in [0.2, 0.25) is 17.2 Å². The van der Waals surface area contributed by atoms with E-state index in [1.807, 2.05) is 0 Å². The van der Waals surface area contributed by atoms with Gasteiger partial charge in [-0.25, -0.2) is 0 Å². The Balaban J connectivity index is 2.91. The molecule has 1 amide bonds. The number of ketones is 2. The topological polar surface area (TPSA) is 94.9 Å². The molecule has 1 aromatic carbocycles. The number of carbonyl (C=O) groups excluding carboxylic acids is 3. The van der Waals surface area contributed by atoms with Crippen LogP contribution in [0, 0.1) is 0 Å². The van der Waals surface area contributed by atoms with E-state index in [-0.39, 0.29) is 11.3 Å². The predicted octanol–water partition coefficient (Wildman–Crippen LogP) is 0.107. The number of Topliss-reactive ketones (excluding diaryl/α,β-unsaturated/α-hetero) is 2. The van der Waals surface area contributed by atoms with E-state index in [0.29, 0.717) is 0 Å². The van der Waals surface area contributed by atoms with Crippen LogP contribution in [0.15, 0.2) is 24.3 Å². The van der Waals surface area contributed by atoms with Crippen LogP contribution < -0.4 is 4.90 Å². The molecule has 0 unspecified atom stereocenters. The number of para-hydroxylation sites is 1. The first-order valence-corrected chi connectivity index (χ1v) is 6.06. The molecule has 1 aliphatic rings. The number of rotatable bonds is 2. The molecule has 0 saturated heterocycles. The van der Waals surface area contributed by atoms with E-state index in [2.05, 4.69) is 0 Å². The van der Waals surface area contributed by atoms with Crippen molar-refractivity contribution in [3.63, 3.8) is 0 Å². The molecule has 0 radical (unpaired) electrons. The standard InChI is InChI=1S/C14H15NO5/c1-8(16)13(9(2)17)14(19,20)11-6-4-5-7-12(11)15(13)10(3)18/h4-7,19-20H,1-3H3. The van der Waals surface area contributed by atoms with Crippen molar-refractivity contribution in [2.45, 2.75) is 32.1 Å². The van der Waals surface area contributed by atoms with E-state index >= 15 is 0 Å². The van der Waals surface area contributed by atoms with Crippen LogP contribution in [-0.2, 0) is 20.2 Å². The fourth-order valence-electron chi connectivity index (χ4n) is 2.95. The van der Waals surface area contributed by atoms with Gasteiger partial charge in [0.15, 0.2) is 11.6 Å². The first kappa shape index (κ1) is 14.4. The number of hydrogen-bond acceptors (Lipinski definition) is 5. The van der Waals surface area contributed by atoms with Gasteiger partial charge in [-0.15, -0.1) is 0 Å². The number of benzene rings is 1. The zero-order valence-electron chi connectivity index (χ0n) is 11.4. The molecule has 20 heavy (non-hydrogen) atoms. The van der Waals surface area contributed by atoms with Crippen LogP contribution in [0.5, 0.6) is 0 Å². The summed E-state index contributed by atoms with van der Waals surface area (Å²) in [5.74, 6) is -4.98. The number of nitrogens with zero attached hydrogens (tertiary/aromatic N) is 1. The van der Waals surface area contributed by atoms with Crippen molar-refractivity contribution in [1.82, 2.24) is 0 Å². The Bertz CT molecular complexity index is 606. The van der Waals surface area contributed by atoms with Crippen LogP contribution in [0.2, 0.25) is 0 Å². The quantitative estimate of drug-likeness (QED) is 0.591. The van der Waals surface area contributed by atoms with Gasteiger partial charge in [0.25, 0.3) is 0 Å². The molecule has 0 bridgehead atoms. The molecule has 0 aromatic heterocycles. The highest BCUT2D eigenvalue weighted by Crippen LogP contribution is 2.50. The van der Waals surface area contributed by atoms with E-state index in [0.717, 1.165) is 18.7 Å². The van der Waals surface area contributed by atoms with Crippen LogP contribution in [-0.4, -0.2) is 33.2 Å². The Morgan fingerprint density at radius 3 is 1.95 bits per heavy atom. The van der Waals surface area contributed by atoms with E-state index < -0.39 is 28.8 Å². The predicted molar refractivity (Wildman–Crippen MR) is 69.8 cm³/mol. The second-order valence-corrected chi connectivity index (χ2v) is 4.87. The monoisotopic (exact) mass is 277 g/mol. The molecule has 1 aliphatic heterocycles. The first-order valence-electron chi connectivity index (χ1n) is 6.06. The van der Waals surface area contributed by atoms with Crippen molar-refractivity contribution in [3.8, 4) is 0 Å². The number of anilines is 1. The highest BCUT2D eigenvalue weighted by atomic mass is 16.5. The van der Waals surface area contributed by atoms with Crippen molar-refractivity contribution >= 4 is 23.2 Å². The van der Waals surface area contributed by atoms with Gasteiger partial charge >= 0.3 is 0 Å². The van der Waals surface area contributed by atoms with Crippen molar-refractivity contribution in [2.24, 2.45) is 0 Å². The van der Waals surface area contributed by atoms with Gasteiger partial charge in [0.1, 0.15) is 0 Å². The number of carbonyl (C=O) groups is 3. The third kappa shape index (κ3) is 1.43. The van der Waals surface area contributed by atoms with Crippen LogP contribution in [0.3, 0.4) is 0 Å². The van der Waals surface area contributed by atoms with Crippen LogP contribution in [0.1, 0.15) is 26.3 Å². The molecular weight excluding hydrogens is 262 g/mol. The molecule has 0 aliphatic carbocycles. The largest absolute Gasteiger partial charge is 0.359 e. The molecular formula is C14H15NO5. The normalized spacial score (nSPS) is 18.6. The first-order chi connectivity index (χ1) is 9.19. The van der Waals surface area contributed by atoms with Crippen molar-refractivity contribution < 1.29 is 24.6 Å². The second kappa shape index (κ2) is 4.22. The fraction of sp³-hybridized carbons (Fsp3) is 0.357. The average molecular weight is 277 g/mol. The Labute approximate surface area is 115 Å². The van der Waals surface area contributed by atoms with Gasteiger partial charge in [-0.05, 0) is 19.9 Å². The highest BCUT2D eigenvalue weighted by Gasteiger charge is 2.68. The van der Waals surface area contributed by atoms with E-state index in [9.17, 15) is 24.6 Å². The van der Waals surface area contributed by atoms with Gasteiger partial charge in [-0.2, -0.15) is 0 Å². The van der Waals surface area contributed by atoms with Gasteiger partial charge in [0, 0.05) is 12.5 Å². The van der Waals surface area contributed by atoms with Crippen LogP contribution in [0.25, 0.3) is 0 Å². The molecule has 2 rings (SSSR count). The molecule has 1 aromatic rings. The van der Waals surface area contributed by atoms with E-state index in [1.54, 1.807) is 6.07 Å². The smallest absolute Gasteiger partial charge is 0.231 e. The third-order valence-electron chi connectivity index (χ3n) is 3.69. The Morgan fingerprint density at radius 2 is 1.50 bits per heavy atom. The molecule has 106 valence electrons. The number of hydrogen-bond donors (Lipinski definition) is 2. The van der Waals surface area contributed by atoms with E-state index in [1.165, 1.54) is 25.1 Å². The summed E-state index contributed by atoms with van der Waals surface area (Å²) in [5.41, 5.74) is -2.24. The molecule has 1 heterocycles. The maximum Gasteiger partial charge on any atom is 0.231 e. The van der Waals surface area contributed by atoms with Crippen LogP contribution in [0.4, 0.5) is 5.69 Å². The van der Waals surface area contributed by atoms with Crippen molar-refractivity contribution in [1.29, 1.82) is 0 Å². The zero-order chi connectivity index (χ0) is 15.3. The van der Waals surface area contributed by atoms with Crippen LogP contribution >= 0.6 is 0 Å². The minimum atomic E-state index is -2.76. The molecule has 0 saturated carbocycles. The molecule has 0 spiro atoms. The maximum absolute atomic E-state index is 12.1. The zero-order valence-corrected chi connectivity index (χ0v) is 11.4. The van der Waals surface area contributed by atoms with E-state index in [4.69, 9.17) is 0 Å². The fourth-order valence-corrected chi connectivity index (χ4v) is 2.95. The van der Waals surface area contributed by atoms with Gasteiger partial charge in [-0.1, -0.05) is 18.2 Å². The average Bonchev–Trinajstić information content (AvgIpc) is 2.55. The molecule has 0 atom stereocenters. The van der Waals surface area contributed by atoms with Gasteiger partial charge < -0.3 is 10.2 Å². The summed E-state index contributed by atoms with van der Waals surface area (Å²) in [5, 5.41) is 20.9. The number of aliphatic hydroxyl groups is 2. The number of fused-ring (bicyclic) bond motifs is 1. The molecule has 2 N–H and O–H groups in total. The highest BCUT2D eigenvalue weighted by molar-refractivity contribution is 6.21. The lowest BCUT2D eigenvalue weighted by Gasteiger charge is -2.39.